The van der Waals surface area contributed by atoms with Gasteiger partial charge in [-0.3, -0.25) is 4.90 Å². The number of nitrogens with zero attached hydrogens (tertiary/aromatic N) is 2. The Morgan fingerprint density at radius 3 is 2.55 bits per heavy atom. The molecule has 1 atom stereocenters. The molecule has 1 heterocycles. The quantitative estimate of drug-likeness (QED) is 0.869. The number of nitriles is 1. The van der Waals surface area contributed by atoms with E-state index in [0.29, 0.717) is 0 Å². The van der Waals surface area contributed by atoms with Crippen LogP contribution in [-0.4, -0.2) is 31.1 Å². The van der Waals surface area contributed by atoms with Crippen LogP contribution in [-0.2, 0) is 0 Å². The first kappa shape index (κ1) is 18.9. The highest BCUT2D eigenvalue weighted by molar-refractivity contribution is 5.85. The van der Waals surface area contributed by atoms with Crippen LogP contribution in [0.5, 0.6) is 0 Å². The Hall–Kier alpha value is -1.05. The van der Waals surface area contributed by atoms with Crippen molar-refractivity contribution < 1.29 is 0 Å². The summed E-state index contributed by atoms with van der Waals surface area (Å²) in [5.74, 6) is 0. The fourth-order valence-electron chi connectivity index (χ4n) is 2.51. The summed E-state index contributed by atoms with van der Waals surface area (Å²) in [7, 11) is 0. The van der Waals surface area contributed by atoms with E-state index in [-0.39, 0.29) is 30.9 Å². The lowest BCUT2D eigenvalue weighted by atomic mass is 9.96. The van der Waals surface area contributed by atoms with Crippen LogP contribution >= 0.6 is 24.8 Å². The van der Waals surface area contributed by atoms with E-state index in [0.717, 1.165) is 43.7 Å². The van der Waals surface area contributed by atoms with Gasteiger partial charge in [0.05, 0.1) is 11.6 Å². The second-order valence-corrected chi connectivity index (χ2v) is 4.53. The summed E-state index contributed by atoms with van der Waals surface area (Å²) in [4.78, 5) is 2.44. The van der Waals surface area contributed by atoms with Gasteiger partial charge in [-0.15, -0.1) is 31.4 Å². The molecule has 0 aliphatic carbocycles. The number of hydrogen-bond donors (Lipinski definition) is 1. The van der Waals surface area contributed by atoms with E-state index in [1.807, 2.05) is 24.3 Å². The Morgan fingerprint density at radius 1 is 1.30 bits per heavy atom. The maximum Gasteiger partial charge on any atom is 0.0995 e. The minimum absolute atomic E-state index is 0. The number of rotatable bonds is 4. The number of benzene rings is 1. The number of hydrogen-bond acceptors (Lipinski definition) is 3. The largest absolute Gasteiger partial charge is 0.314 e. The van der Waals surface area contributed by atoms with E-state index in [9.17, 15) is 5.26 Å². The summed E-state index contributed by atoms with van der Waals surface area (Å²) >= 11 is 0. The summed E-state index contributed by atoms with van der Waals surface area (Å²) in [6, 6.07) is 10.5. The highest BCUT2D eigenvalue weighted by atomic mass is 35.5. The van der Waals surface area contributed by atoms with Gasteiger partial charge in [0.1, 0.15) is 0 Å². The SMILES string of the molecule is C=CC[C@H](c1ccccc1C#N)N1CCNCC1.Cl.Cl. The molecular formula is C15H21Cl2N3. The Morgan fingerprint density at radius 2 is 1.95 bits per heavy atom. The van der Waals surface area contributed by atoms with Crippen molar-refractivity contribution in [2.45, 2.75) is 12.5 Å². The highest BCUT2D eigenvalue weighted by Crippen LogP contribution is 2.27. The van der Waals surface area contributed by atoms with E-state index in [1.54, 1.807) is 0 Å². The Bertz CT molecular complexity index is 451. The van der Waals surface area contributed by atoms with Crippen molar-refractivity contribution >= 4 is 24.8 Å². The summed E-state index contributed by atoms with van der Waals surface area (Å²) < 4.78 is 0. The van der Waals surface area contributed by atoms with Crippen molar-refractivity contribution in [2.24, 2.45) is 0 Å². The third-order valence-corrected chi connectivity index (χ3v) is 3.42. The zero-order valence-electron chi connectivity index (χ0n) is 11.4. The molecule has 0 unspecified atom stereocenters. The van der Waals surface area contributed by atoms with Crippen LogP contribution in [0.25, 0.3) is 0 Å². The van der Waals surface area contributed by atoms with Gasteiger partial charge >= 0.3 is 0 Å². The standard InChI is InChI=1S/C15H19N3.2ClH/c1-2-5-15(18-10-8-17-9-11-18)14-7-4-3-6-13(14)12-16;;/h2-4,6-7,15,17H,1,5,8-11H2;2*1H/t15-;;/m1../s1. The van der Waals surface area contributed by atoms with Crippen molar-refractivity contribution in [2.75, 3.05) is 26.2 Å². The number of nitrogens with one attached hydrogen (secondary N) is 1. The maximum atomic E-state index is 9.23. The molecule has 0 amide bonds. The van der Waals surface area contributed by atoms with Crippen LogP contribution in [0.1, 0.15) is 23.6 Å². The molecule has 1 saturated heterocycles. The van der Waals surface area contributed by atoms with Gasteiger partial charge in [-0.2, -0.15) is 5.26 Å². The molecule has 0 radical (unpaired) electrons. The molecule has 1 aliphatic rings. The van der Waals surface area contributed by atoms with E-state index < -0.39 is 0 Å². The molecule has 3 nitrogen and oxygen atoms in total. The van der Waals surface area contributed by atoms with E-state index in [4.69, 9.17) is 0 Å². The summed E-state index contributed by atoms with van der Waals surface area (Å²) in [6.45, 7) is 7.94. The third-order valence-electron chi connectivity index (χ3n) is 3.42. The van der Waals surface area contributed by atoms with Gasteiger partial charge in [0.15, 0.2) is 0 Å². The number of halogens is 2. The minimum Gasteiger partial charge on any atom is -0.314 e. The minimum atomic E-state index is 0. The lowest BCUT2D eigenvalue weighted by Gasteiger charge is -2.35. The van der Waals surface area contributed by atoms with Crippen molar-refractivity contribution in [1.29, 1.82) is 5.26 Å². The molecule has 0 aromatic heterocycles. The fourth-order valence-corrected chi connectivity index (χ4v) is 2.51. The third kappa shape index (κ3) is 4.50. The van der Waals surface area contributed by atoms with Crippen LogP contribution in [0.4, 0.5) is 0 Å². The van der Waals surface area contributed by atoms with Crippen LogP contribution in [0.15, 0.2) is 36.9 Å². The molecule has 1 aromatic carbocycles. The molecule has 0 spiro atoms. The van der Waals surface area contributed by atoms with E-state index >= 15 is 0 Å². The van der Waals surface area contributed by atoms with Crippen LogP contribution < -0.4 is 5.32 Å². The molecule has 5 heteroatoms. The highest BCUT2D eigenvalue weighted by Gasteiger charge is 2.22. The monoisotopic (exact) mass is 313 g/mol. The van der Waals surface area contributed by atoms with Gasteiger partial charge in [0, 0.05) is 32.2 Å². The van der Waals surface area contributed by atoms with Crippen molar-refractivity contribution in [3.63, 3.8) is 0 Å². The maximum absolute atomic E-state index is 9.23. The topological polar surface area (TPSA) is 39.1 Å². The summed E-state index contributed by atoms with van der Waals surface area (Å²) in [5.41, 5.74) is 1.91. The summed E-state index contributed by atoms with van der Waals surface area (Å²) in [5, 5.41) is 12.6. The van der Waals surface area contributed by atoms with Gasteiger partial charge in [0.2, 0.25) is 0 Å². The normalized spacial score (nSPS) is 16.1. The molecule has 1 N–H and O–H groups in total. The Balaban J connectivity index is 0.00000180. The fraction of sp³-hybridized carbons (Fsp3) is 0.400. The average molecular weight is 314 g/mol. The van der Waals surface area contributed by atoms with Crippen molar-refractivity contribution in [1.82, 2.24) is 10.2 Å². The van der Waals surface area contributed by atoms with Gasteiger partial charge < -0.3 is 5.32 Å². The molecule has 0 saturated carbocycles. The van der Waals surface area contributed by atoms with E-state index in [1.165, 1.54) is 0 Å². The molecule has 1 aliphatic heterocycles. The smallest absolute Gasteiger partial charge is 0.0995 e. The van der Waals surface area contributed by atoms with Crippen LogP contribution in [0.2, 0.25) is 0 Å². The van der Waals surface area contributed by atoms with Gasteiger partial charge in [-0.05, 0) is 18.1 Å². The molecule has 2 rings (SSSR count). The Labute approximate surface area is 133 Å². The van der Waals surface area contributed by atoms with Crippen LogP contribution in [0, 0.1) is 11.3 Å². The first-order chi connectivity index (χ1) is 8.86. The van der Waals surface area contributed by atoms with Gasteiger partial charge in [-0.25, -0.2) is 0 Å². The van der Waals surface area contributed by atoms with Crippen LogP contribution in [0.3, 0.4) is 0 Å². The zero-order valence-corrected chi connectivity index (χ0v) is 13.1. The average Bonchev–Trinajstić information content (AvgIpc) is 2.46. The predicted molar refractivity (Wildman–Crippen MR) is 87.7 cm³/mol. The molecule has 20 heavy (non-hydrogen) atoms. The van der Waals surface area contributed by atoms with Gasteiger partial charge in [-0.1, -0.05) is 24.3 Å². The summed E-state index contributed by atoms with van der Waals surface area (Å²) in [6.07, 6.45) is 2.83. The lowest BCUT2D eigenvalue weighted by Crippen LogP contribution is -2.45. The molecular weight excluding hydrogens is 293 g/mol. The van der Waals surface area contributed by atoms with Gasteiger partial charge in [0.25, 0.3) is 0 Å². The lowest BCUT2D eigenvalue weighted by molar-refractivity contribution is 0.174. The Kier molecular flexibility index (Phi) is 9.28. The van der Waals surface area contributed by atoms with E-state index in [2.05, 4.69) is 28.9 Å². The second-order valence-electron chi connectivity index (χ2n) is 4.53. The molecule has 1 fully saturated rings. The predicted octanol–water partition coefficient (Wildman–Crippen LogP) is 2.92. The molecule has 110 valence electrons. The van der Waals surface area contributed by atoms with Crippen molar-refractivity contribution in [3.8, 4) is 6.07 Å². The molecule has 1 aromatic rings. The first-order valence-corrected chi connectivity index (χ1v) is 6.41. The first-order valence-electron chi connectivity index (χ1n) is 6.41. The second kappa shape index (κ2) is 9.79. The zero-order chi connectivity index (χ0) is 12.8. The number of piperazine rings is 1. The van der Waals surface area contributed by atoms with Crippen molar-refractivity contribution in [3.05, 3.63) is 48.0 Å². The molecule has 0 bridgehead atoms.